The van der Waals surface area contributed by atoms with Gasteiger partial charge < -0.3 is 10.1 Å². The highest BCUT2D eigenvalue weighted by Crippen LogP contribution is 2.23. The second-order valence-corrected chi connectivity index (χ2v) is 2.78. The van der Waals surface area contributed by atoms with Crippen LogP contribution in [0.3, 0.4) is 0 Å². The number of carbonyl (C=O) groups excluding carboxylic acids is 1. The molecule has 0 atom stereocenters. The van der Waals surface area contributed by atoms with E-state index in [-0.39, 0.29) is 5.91 Å². The standard InChI is InChI=1S/C10H12FNO2/c1-7-4-3-5-8(10(13)12-2)9(7)14-6-11/h3-5H,6H2,1-2H3,(H,12,13). The number of para-hydroxylation sites is 1. The normalized spacial score (nSPS) is 9.64. The number of aryl methyl sites for hydroxylation is 1. The van der Waals surface area contributed by atoms with Crippen LogP contribution in [-0.2, 0) is 0 Å². The summed E-state index contributed by atoms with van der Waals surface area (Å²) in [6.07, 6.45) is 0. The molecule has 1 aromatic rings. The molecule has 0 saturated carbocycles. The van der Waals surface area contributed by atoms with E-state index in [1.807, 2.05) is 0 Å². The Morgan fingerprint density at radius 3 is 2.86 bits per heavy atom. The van der Waals surface area contributed by atoms with E-state index in [0.29, 0.717) is 11.3 Å². The van der Waals surface area contributed by atoms with Crippen LogP contribution in [0.25, 0.3) is 0 Å². The predicted octanol–water partition coefficient (Wildman–Crippen LogP) is 1.66. The van der Waals surface area contributed by atoms with Gasteiger partial charge in [-0.25, -0.2) is 4.39 Å². The first-order valence-electron chi connectivity index (χ1n) is 4.21. The van der Waals surface area contributed by atoms with Gasteiger partial charge in [-0.1, -0.05) is 12.1 Å². The molecular weight excluding hydrogens is 185 g/mol. The summed E-state index contributed by atoms with van der Waals surface area (Å²) in [5, 5.41) is 2.47. The molecule has 0 unspecified atom stereocenters. The predicted molar refractivity (Wildman–Crippen MR) is 51.2 cm³/mol. The number of rotatable bonds is 3. The Kier molecular flexibility index (Phi) is 3.45. The lowest BCUT2D eigenvalue weighted by molar-refractivity contribution is 0.0955. The van der Waals surface area contributed by atoms with Gasteiger partial charge >= 0.3 is 0 Å². The van der Waals surface area contributed by atoms with Crippen LogP contribution in [0.4, 0.5) is 4.39 Å². The monoisotopic (exact) mass is 197 g/mol. The summed E-state index contributed by atoms with van der Waals surface area (Å²) in [6, 6.07) is 5.08. The summed E-state index contributed by atoms with van der Waals surface area (Å²) in [6.45, 7) is 0.826. The molecule has 0 bridgehead atoms. The highest BCUT2D eigenvalue weighted by Gasteiger charge is 2.12. The zero-order valence-corrected chi connectivity index (χ0v) is 8.13. The molecule has 0 aliphatic heterocycles. The number of ether oxygens (including phenoxy) is 1. The van der Waals surface area contributed by atoms with Crippen molar-refractivity contribution in [2.75, 3.05) is 13.9 Å². The Bertz CT molecular complexity index is 339. The molecule has 0 spiro atoms. The van der Waals surface area contributed by atoms with Gasteiger partial charge in [-0.15, -0.1) is 0 Å². The third kappa shape index (κ3) is 2.02. The molecule has 1 aromatic carbocycles. The van der Waals surface area contributed by atoms with Gasteiger partial charge in [0.15, 0.2) is 0 Å². The van der Waals surface area contributed by atoms with Crippen molar-refractivity contribution in [1.82, 2.24) is 5.32 Å². The molecule has 0 aliphatic carbocycles. The Morgan fingerprint density at radius 2 is 2.29 bits per heavy atom. The maximum Gasteiger partial charge on any atom is 0.254 e. The Labute approximate surface area is 81.9 Å². The summed E-state index contributed by atoms with van der Waals surface area (Å²) in [4.78, 5) is 11.3. The van der Waals surface area contributed by atoms with E-state index in [1.165, 1.54) is 7.05 Å². The van der Waals surface area contributed by atoms with Gasteiger partial charge in [0, 0.05) is 7.05 Å². The Morgan fingerprint density at radius 1 is 1.57 bits per heavy atom. The molecule has 1 N–H and O–H groups in total. The number of hydrogen-bond donors (Lipinski definition) is 1. The fourth-order valence-electron chi connectivity index (χ4n) is 1.21. The zero-order valence-electron chi connectivity index (χ0n) is 8.13. The molecule has 76 valence electrons. The number of benzene rings is 1. The summed E-state index contributed by atoms with van der Waals surface area (Å²) in [5.41, 5.74) is 1.09. The van der Waals surface area contributed by atoms with E-state index in [9.17, 15) is 9.18 Å². The highest BCUT2D eigenvalue weighted by atomic mass is 19.1. The fraction of sp³-hybridized carbons (Fsp3) is 0.300. The minimum Gasteiger partial charge on any atom is -0.462 e. The lowest BCUT2D eigenvalue weighted by Crippen LogP contribution is -2.19. The summed E-state index contributed by atoms with van der Waals surface area (Å²) >= 11 is 0. The van der Waals surface area contributed by atoms with E-state index < -0.39 is 6.86 Å². The number of nitrogens with one attached hydrogen (secondary N) is 1. The van der Waals surface area contributed by atoms with Crippen molar-refractivity contribution >= 4 is 5.91 Å². The van der Waals surface area contributed by atoms with E-state index in [1.54, 1.807) is 25.1 Å². The average Bonchev–Trinajstić information content (AvgIpc) is 2.20. The van der Waals surface area contributed by atoms with Crippen LogP contribution in [0.2, 0.25) is 0 Å². The minimum atomic E-state index is -0.936. The van der Waals surface area contributed by atoms with E-state index in [4.69, 9.17) is 4.74 Å². The second kappa shape index (κ2) is 4.60. The molecule has 0 aliphatic rings. The topological polar surface area (TPSA) is 38.3 Å². The fourth-order valence-corrected chi connectivity index (χ4v) is 1.21. The van der Waals surface area contributed by atoms with Crippen molar-refractivity contribution < 1.29 is 13.9 Å². The molecule has 0 aromatic heterocycles. The number of alkyl halides is 1. The molecule has 0 heterocycles. The second-order valence-electron chi connectivity index (χ2n) is 2.78. The highest BCUT2D eigenvalue weighted by molar-refractivity contribution is 5.97. The lowest BCUT2D eigenvalue weighted by atomic mass is 10.1. The Balaban J connectivity index is 3.13. The Hall–Kier alpha value is -1.58. The number of amides is 1. The molecule has 0 radical (unpaired) electrons. The molecule has 3 nitrogen and oxygen atoms in total. The smallest absolute Gasteiger partial charge is 0.254 e. The third-order valence-electron chi connectivity index (χ3n) is 1.88. The maximum atomic E-state index is 12.1. The van der Waals surface area contributed by atoms with Crippen molar-refractivity contribution in [2.24, 2.45) is 0 Å². The van der Waals surface area contributed by atoms with Crippen LogP contribution in [0, 0.1) is 6.92 Å². The van der Waals surface area contributed by atoms with Crippen LogP contribution < -0.4 is 10.1 Å². The molecule has 0 saturated heterocycles. The van der Waals surface area contributed by atoms with Crippen molar-refractivity contribution in [3.05, 3.63) is 29.3 Å². The van der Waals surface area contributed by atoms with Crippen molar-refractivity contribution in [1.29, 1.82) is 0 Å². The molecular formula is C10H12FNO2. The van der Waals surface area contributed by atoms with Crippen LogP contribution in [0.1, 0.15) is 15.9 Å². The van der Waals surface area contributed by atoms with Gasteiger partial charge in [0.05, 0.1) is 5.56 Å². The van der Waals surface area contributed by atoms with E-state index in [2.05, 4.69) is 5.32 Å². The van der Waals surface area contributed by atoms with Gasteiger partial charge in [-0.2, -0.15) is 0 Å². The minimum absolute atomic E-state index is 0.280. The maximum absolute atomic E-state index is 12.1. The van der Waals surface area contributed by atoms with E-state index >= 15 is 0 Å². The summed E-state index contributed by atoms with van der Waals surface area (Å²) < 4.78 is 16.8. The zero-order chi connectivity index (χ0) is 10.6. The molecule has 1 amide bonds. The molecule has 0 fully saturated rings. The lowest BCUT2D eigenvalue weighted by Gasteiger charge is -2.10. The average molecular weight is 197 g/mol. The number of hydrogen-bond acceptors (Lipinski definition) is 2. The third-order valence-corrected chi connectivity index (χ3v) is 1.88. The summed E-state index contributed by atoms with van der Waals surface area (Å²) in [5.74, 6) is 0.0199. The van der Waals surface area contributed by atoms with Crippen LogP contribution in [0.15, 0.2) is 18.2 Å². The first-order chi connectivity index (χ1) is 6.70. The van der Waals surface area contributed by atoms with Crippen molar-refractivity contribution in [3.8, 4) is 5.75 Å². The molecule has 1 rings (SSSR count). The SMILES string of the molecule is CNC(=O)c1cccc(C)c1OCF. The number of halogens is 1. The first-order valence-corrected chi connectivity index (χ1v) is 4.21. The quantitative estimate of drug-likeness (QED) is 0.800. The van der Waals surface area contributed by atoms with E-state index in [0.717, 1.165) is 5.56 Å². The largest absolute Gasteiger partial charge is 0.462 e. The van der Waals surface area contributed by atoms with Gasteiger partial charge in [-0.05, 0) is 18.6 Å². The van der Waals surface area contributed by atoms with Gasteiger partial charge in [0.25, 0.3) is 5.91 Å². The van der Waals surface area contributed by atoms with Gasteiger partial charge in [0.1, 0.15) is 5.75 Å². The van der Waals surface area contributed by atoms with Crippen molar-refractivity contribution in [2.45, 2.75) is 6.92 Å². The van der Waals surface area contributed by atoms with Crippen LogP contribution in [0.5, 0.6) is 5.75 Å². The summed E-state index contributed by atoms with van der Waals surface area (Å²) in [7, 11) is 1.52. The van der Waals surface area contributed by atoms with Crippen molar-refractivity contribution in [3.63, 3.8) is 0 Å². The van der Waals surface area contributed by atoms with Gasteiger partial charge in [-0.3, -0.25) is 4.79 Å². The molecule has 4 heteroatoms. The number of carbonyl (C=O) groups is 1. The van der Waals surface area contributed by atoms with Gasteiger partial charge in [0.2, 0.25) is 6.86 Å². The van der Waals surface area contributed by atoms with Crippen LogP contribution in [-0.4, -0.2) is 19.8 Å². The molecule has 14 heavy (non-hydrogen) atoms. The van der Waals surface area contributed by atoms with Crippen LogP contribution >= 0.6 is 0 Å². The first kappa shape index (κ1) is 10.5.